The number of benzene rings is 1. The fourth-order valence-electron chi connectivity index (χ4n) is 3.04. The van der Waals surface area contributed by atoms with Crippen molar-refractivity contribution in [1.29, 1.82) is 0 Å². The summed E-state index contributed by atoms with van der Waals surface area (Å²) in [5, 5.41) is 0. The Kier molecular flexibility index (Phi) is 5.84. The lowest BCUT2D eigenvalue weighted by atomic mass is 10.1. The zero-order valence-corrected chi connectivity index (χ0v) is 17.2. The molecule has 0 bridgehead atoms. The van der Waals surface area contributed by atoms with Crippen LogP contribution in [0.2, 0.25) is 0 Å². The van der Waals surface area contributed by atoms with Crippen molar-refractivity contribution in [2.45, 2.75) is 65.1 Å². The molecule has 24 heavy (non-hydrogen) atoms. The van der Waals surface area contributed by atoms with Gasteiger partial charge in [-0.25, -0.2) is 4.79 Å². The Morgan fingerprint density at radius 3 is 2.58 bits per heavy atom. The number of rotatable bonds is 3. The van der Waals surface area contributed by atoms with E-state index in [-0.39, 0.29) is 12.1 Å². The smallest absolute Gasteiger partial charge is 0.410 e. The molecule has 1 aromatic rings. The standard InChI is InChI=1S/C19H29BrN2O2/c1-13-8-7-9-22(13)17-11-15(10-16(20)12-17)14(2)21(6)18(23)24-19(3,4)5/h10-14H,7-9H2,1-6H3/t13-,14?/m1/s1. The molecule has 0 aromatic heterocycles. The normalized spacial score (nSPS) is 19.3. The maximum atomic E-state index is 12.3. The van der Waals surface area contributed by atoms with Crippen LogP contribution in [-0.2, 0) is 4.74 Å². The molecule has 0 saturated carbocycles. The van der Waals surface area contributed by atoms with Crippen molar-refractivity contribution in [2.75, 3.05) is 18.5 Å². The van der Waals surface area contributed by atoms with Crippen molar-refractivity contribution in [2.24, 2.45) is 0 Å². The molecule has 1 aromatic carbocycles. The Morgan fingerprint density at radius 1 is 1.38 bits per heavy atom. The molecule has 1 unspecified atom stereocenters. The first-order chi connectivity index (χ1) is 11.1. The van der Waals surface area contributed by atoms with E-state index >= 15 is 0 Å². The molecule has 2 rings (SSSR count). The van der Waals surface area contributed by atoms with E-state index < -0.39 is 5.60 Å². The van der Waals surface area contributed by atoms with Crippen molar-refractivity contribution in [3.05, 3.63) is 28.2 Å². The van der Waals surface area contributed by atoms with Crippen LogP contribution in [0.1, 0.15) is 59.1 Å². The van der Waals surface area contributed by atoms with Gasteiger partial charge in [0.25, 0.3) is 0 Å². The largest absolute Gasteiger partial charge is 0.444 e. The lowest BCUT2D eigenvalue weighted by molar-refractivity contribution is 0.0234. The fraction of sp³-hybridized carbons (Fsp3) is 0.632. The van der Waals surface area contributed by atoms with Gasteiger partial charge in [-0.15, -0.1) is 0 Å². The van der Waals surface area contributed by atoms with Gasteiger partial charge in [-0.1, -0.05) is 15.9 Å². The quantitative estimate of drug-likeness (QED) is 0.688. The molecular weight excluding hydrogens is 368 g/mol. The average Bonchev–Trinajstić information content (AvgIpc) is 2.89. The first kappa shape index (κ1) is 19.1. The zero-order valence-electron chi connectivity index (χ0n) is 15.6. The Labute approximate surface area is 154 Å². The Morgan fingerprint density at radius 2 is 2.04 bits per heavy atom. The Balaban J connectivity index is 2.21. The molecule has 1 amide bonds. The topological polar surface area (TPSA) is 32.8 Å². The van der Waals surface area contributed by atoms with Gasteiger partial charge in [-0.05, 0) is 71.2 Å². The summed E-state index contributed by atoms with van der Waals surface area (Å²) in [6.07, 6.45) is 2.16. The highest BCUT2D eigenvalue weighted by atomic mass is 79.9. The molecule has 0 aliphatic carbocycles. The minimum atomic E-state index is -0.488. The summed E-state index contributed by atoms with van der Waals surface area (Å²) in [5.74, 6) is 0. The van der Waals surface area contributed by atoms with Crippen LogP contribution in [0.3, 0.4) is 0 Å². The van der Waals surface area contributed by atoms with Crippen molar-refractivity contribution < 1.29 is 9.53 Å². The molecule has 1 aliphatic rings. The van der Waals surface area contributed by atoms with Gasteiger partial charge in [-0.2, -0.15) is 0 Å². The van der Waals surface area contributed by atoms with Crippen molar-refractivity contribution in [3.63, 3.8) is 0 Å². The van der Waals surface area contributed by atoms with Crippen LogP contribution in [0, 0.1) is 0 Å². The van der Waals surface area contributed by atoms with Crippen molar-refractivity contribution >= 4 is 27.7 Å². The van der Waals surface area contributed by atoms with Crippen LogP contribution >= 0.6 is 15.9 Å². The van der Waals surface area contributed by atoms with Crippen LogP contribution in [0.15, 0.2) is 22.7 Å². The molecule has 4 nitrogen and oxygen atoms in total. The maximum absolute atomic E-state index is 12.3. The lowest BCUT2D eigenvalue weighted by Gasteiger charge is -2.30. The van der Waals surface area contributed by atoms with E-state index in [4.69, 9.17) is 4.74 Å². The molecule has 134 valence electrons. The minimum Gasteiger partial charge on any atom is -0.444 e. The second-order valence-electron chi connectivity index (χ2n) is 7.69. The predicted molar refractivity (Wildman–Crippen MR) is 103 cm³/mol. The summed E-state index contributed by atoms with van der Waals surface area (Å²) in [7, 11) is 1.79. The molecule has 0 spiro atoms. The van der Waals surface area contributed by atoms with E-state index in [1.807, 2.05) is 27.7 Å². The molecule has 1 fully saturated rings. The summed E-state index contributed by atoms with van der Waals surface area (Å²) < 4.78 is 6.52. The molecule has 5 heteroatoms. The van der Waals surface area contributed by atoms with E-state index in [2.05, 4.69) is 46.0 Å². The van der Waals surface area contributed by atoms with E-state index in [0.29, 0.717) is 6.04 Å². The summed E-state index contributed by atoms with van der Waals surface area (Å²) in [4.78, 5) is 16.4. The first-order valence-electron chi connectivity index (χ1n) is 8.61. The highest BCUT2D eigenvalue weighted by molar-refractivity contribution is 9.10. The average molecular weight is 397 g/mol. The monoisotopic (exact) mass is 396 g/mol. The Hall–Kier alpha value is -1.23. The molecular formula is C19H29BrN2O2. The van der Waals surface area contributed by atoms with Crippen LogP contribution in [0.4, 0.5) is 10.5 Å². The second kappa shape index (κ2) is 7.34. The van der Waals surface area contributed by atoms with Gasteiger partial charge in [0.2, 0.25) is 0 Å². The van der Waals surface area contributed by atoms with Gasteiger partial charge in [0.1, 0.15) is 5.60 Å². The van der Waals surface area contributed by atoms with Gasteiger partial charge < -0.3 is 14.5 Å². The third-order valence-corrected chi connectivity index (χ3v) is 4.99. The first-order valence-corrected chi connectivity index (χ1v) is 9.41. The number of carbonyl (C=O) groups is 1. The van der Waals surface area contributed by atoms with Gasteiger partial charge in [0, 0.05) is 29.8 Å². The number of carbonyl (C=O) groups excluding carboxylic acids is 1. The molecule has 1 heterocycles. The minimum absolute atomic E-state index is 0.0611. The lowest BCUT2D eigenvalue weighted by Crippen LogP contribution is -2.35. The number of hydrogen-bond acceptors (Lipinski definition) is 3. The van der Waals surface area contributed by atoms with Gasteiger partial charge in [0.15, 0.2) is 0 Å². The summed E-state index contributed by atoms with van der Waals surface area (Å²) >= 11 is 3.62. The van der Waals surface area contributed by atoms with Crippen molar-refractivity contribution in [1.82, 2.24) is 4.90 Å². The van der Waals surface area contributed by atoms with Gasteiger partial charge >= 0.3 is 6.09 Å². The number of anilines is 1. The van der Waals surface area contributed by atoms with E-state index in [9.17, 15) is 4.79 Å². The third kappa shape index (κ3) is 4.65. The SMILES string of the molecule is CC(c1cc(Br)cc(N2CCC[C@H]2C)c1)N(C)C(=O)OC(C)(C)C. The number of nitrogens with zero attached hydrogens (tertiary/aromatic N) is 2. The predicted octanol–water partition coefficient (Wildman–Crippen LogP) is 5.37. The highest BCUT2D eigenvalue weighted by Gasteiger charge is 2.26. The fourth-order valence-corrected chi connectivity index (χ4v) is 3.53. The van der Waals surface area contributed by atoms with Crippen LogP contribution in [0.5, 0.6) is 0 Å². The second-order valence-corrected chi connectivity index (χ2v) is 8.61. The zero-order chi connectivity index (χ0) is 18.1. The van der Waals surface area contributed by atoms with Crippen LogP contribution in [-0.4, -0.2) is 36.2 Å². The number of hydrogen-bond donors (Lipinski definition) is 0. The van der Waals surface area contributed by atoms with Crippen molar-refractivity contribution in [3.8, 4) is 0 Å². The number of halogens is 1. The van der Waals surface area contributed by atoms with Gasteiger partial charge in [-0.3, -0.25) is 0 Å². The summed E-state index contributed by atoms with van der Waals surface area (Å²) in [6.45, 7) is 11.0. The van der Waals surface area contributed by atoms with Crippen LogP contribution in [0.25, 0.3) is 0 Å². The van der Waals surface area contributed by atoms with E-state index in [1.165, 1.54) is 18.5 Å². The molecule has 2 atom stereocenters. The third-order valence-electron chi connectivity index (χ3n) is 4.53. The molecule has 0 N–H and O–H groups in total. The van der Waals surface area contributed by atoms with Gasteiger partial charge in [0.05, 0.1) is 6.04 Å². The molecule has 1 aliphatic heterocycles. The van der Waals surface area contributed by atoms with E-state index in [1.54, 1.807) is 11.9 Å². The number of amides is 1. The number of ether oxygens (including phenoxy) is 1. The molecule has 0 radical (unpaired) electrons. The summed E-state index contributed by atoms with van der Waals surface area (Å²) in [5.41, 5.74) is 1.83. The Bertz CT molecular complexity index is 598. The van der Waals surface area contributed by atoms with Crippen LogP contribution < -0.4 is 4.90 Å². The summed E-state index contributed by atoms with van der Waals surface area (Å²) in [6, 6.07) is 6.93. The van der Waals surface area contributed by atoms with E-state index in [0.717, 1.165) is 16.6 Å². The highest BCUT2D eigenvalue weighted by Crippen LogP contribution is 2.32. The molecule has 1 saturated heterocycles. The maximum Gasteiger partial charge on any atom is 0.410 e.